The quantitative estimate of drug-likeness (QED) is 0.705. The van der Waals surface area contributed by atoms with Crippen molar-refractivity contribution in [3.8, 4) is 0 Å². The minimum absolute atomic E-state index is 0.0274. The first-order valence-corrected chi connectivity index (χ1v) is 7.64. The van der Waals surface area contributed by atoms with Crippen molar-refractivity contribution in [3.63, 3.8) is 0 Å². The molecule has 19 heavy (non-hydrogen) atoms. The van der Waals surface area contributed by atoms with E-state index in [9.17, 15) is 4.79 Å². The number of hydrogen-bond donors (Lipinski definition) is 2. The Balaban J connectivity index is 1.94. The first kappa shape index (κ1) is 12.9. The summed E-state index contributed by atoms with van der Waals surface area (Å²) in [6.07, 6.45) is 0. The fourth-order valence-electron chi connectivity index (χ4n) is 2.13. The summed E-state index contributed by atoms with van der Waals surface area (Å²) in [6, 6.07) is 13.4. The molecule has 0 aliphatic carbocycles. The zero-order chi connectivity index (χ0) is 13.4. The maximum absolute atomic E-state index is 12.1. The van der Waals surface area contributed by atoms with Crippen LogP contribution in [0.3, 0.4) is 0 Å². The van der Waals surface area contributed by atoms with Gasteiger partial charge in [-0.05, 0) is 59.0 Å². The van der Waals surface area contributed by atoms with Gasteiger partial charge in [0.05, 0.1) is 0 Å². The van der Waals surface area contributed by atoms with Gasteiger partial charge in [0, 0.05) is 25.0 Å². The molecule has 0 saturated heterocycles. The fourth-order valence-corrected chi connectivity index (χ4v) is 3.08. The van der Waals surface area contributed by atoms with Gasteiger partial charge in [-0.25, -0.2) is 0 Å². The Hall–Kier alpha value is -1.08. The Labute approximate surface area is 133 Å². The molecule has 1 aliphatic heterocycles. The third kappa shape index (κ3) is 2.49. The summed E-state index contributed by atoms with van der Waals surface area (Å²) in [4.78, 5) is 12.1. The van der Waals surface area contributed by atoms with Crippen LogP contribution in [0, 0.1) is 3.57 Å². The second-order valence-electron chi connectivity index (χ2n) is 4.27. The van der Waals surface area contributed by atoms with E-state index in [-0.39, 0.29) is 11.9 Å². The molecule has 2 N–H and O–H groups in total. The number of amides is 1. The molecule has 1 amide bonds. The minimum Gasteiger partial charge on any atom is -0.370 e. The lowest BCUT2D eigenvalue weighted by atomic mass is 10.1. The van der Waals surface area contributed by atoms with Gasteiger partial charge in [-0.1, -0.05) is 22.0 Å². The number of fused-ring (bicyclic) bond motifs is 1. The number of halogens is 2. The molecule has 0 radical (unpaired) electrons. The van der Waals surface area contributed by atoms with Crippen LogP contribution in [0.2, 0.25) is 0 Å². The molecular weight excluding hydrogens is 419 g/mol. The van der Waals surface area contributed by atoms with E-state index in [0.29, 0.717) is 0 Å². The maximum atomic E-state index is 12.1. The smallest absolute Gasteiger partial charge is 0.251 e. The highest BCUT2D eigenvalue weighted by Gasteiger charge is 2.32. The molecule has 96 valence electrons. The Morgan fingerprint density at radius 1 is 1.16 bits per heavy atom. The van der Waals surface area contributed by atoms with Crippen LogP contribution in [0.15, 0.2) is 46.9 Å². The van der Waals surface area contributed by atoms with Gasteiger partial charge in [-0.3, -0.25) is 4.79 Å². The molecule has 2 aromatic carbocycles. The van der Waals surface area contributed by atoms with E-state index >= 15 is 0 Å². The Bertz CT molecular complexity index is 642. The van der Waals surface area contributed by atoms with Crippen LogP contribution in [0.1, 0.15) is 11.6 Å². The highest BCUT2D eigenvalue weighted by atomic mass is 127. The lowest BCUT2D eigenvalue weighted by molar-refractivity contribution is -0.116. The third-order valence-electron chi connectivity index (χ3n) is 3.02. The van der Waals surface area contributed by atoms with Crippen LogP contribution >= 0.6 is 38.5 Å². The van der Waals surface area contributed by atoms with E-state index in [1.54, 1.807) is 0 Å². The number of carbonyl (C=O) groups is 1. The van der Waals surface area contributed by atoms with E-state index in [0.717, 1.165) is 21.4 Å². The van der Waals surface area contributed by atoms with E-state index in [1.807, 2.05) is 42.5 Å². The molecule has 1 aliphatic rings. The predicted molar refractivity (Wildman–Crippen MR) is 88.3 cm³/mol. The Morgan fingerprint density at radius 3 is 2.63 bits per heavy atom. The summed E-state index contributed by atoms with van der Waals surface area (Å²) in [5.74, 6) is -0.0274. The van der Waals surface area contributed by atoms with Crippen LogP contribution in [-0.4, -0.2) is 5.91 Å². The average molecular weight is 429 g/mol. The number of benzene rings is 2. The van der Waals surface area contributed by atoms with Crippen LogP contribution in [-0.2, 0) is 4.79 Å². The normalized spacial score (nSPS) is 16.9. The molecule has 1 atom stereocenters. The topological polar surface area (TPSA) is 41.1 Å². The number of carbonyl (C=O) groups excluding carboxylic acids is 1. The molecule has 1 unspecified atom stereocenters. The van der Waals surface area contributed by atoms with Crippen LogP contribution in [0.5, 0.6) is 0 Å². The average Bonchev–Trinajstić information content (AvgIpc) is 2.70. The molecule has 5 heteroatoms. The van der Waals surface area contributed by atoms with Gasteiger partial charge in [-0.15, -0.1) is 0 Å². The lowest BCUT2D eigenvalue weighted by Crippen LogP contribution is -2.19. The van der Waals surface area contributed by atoms with Gasteiger partial charge in [-0.2, -0.15) is 0 Å². The van der Waals surface area contributed by atoms with E-state index in [4.69, 9.17) is 0 Å². The van der Waals surface area contributed by atoms with Crippen molar-refractivity contribution in [2.75, 3.05) is 10.6 Å². The number of hydrogen-bond acceptors (Lipinski definition) is 2. The van der Waals surface area contributed by atoms with Gasteiger partial charge < -0.3 is 10.6 Å². The molecule has 0 spiro atoms. The van der Waals surface area contributed by atoms with Gasteiger partial charge in [0.25, 0.3) is 5.91 Å². The summed E-state index contributed by atoms with van der Waals surface area (Å²) in [6.45, 7) is 0. The van der Waals surface area contributed by atoms with E-state index in [1.165, 1.54) is 3.57 Å². The predicted octanol–water partition coefficient (Wildman–Crippen LogP) is 4.16. The van der Waals surface area contributed by atoms with Gasteiger partial charge in [0.15, 0.2) is 0 Å². The first-order valence-electron chi connectivity index (χ1n) is 5.76. The fraction of sp³-hybridized carbons (Fsp3) is 0.0714. The van der Waals surface area contributed by atoms with Crippen LogP contribution < -0.4 is 10.6 Å². The second-order valence-corrected chi connectivity index (χ2v) is 6.37. The standard InChI is InChI=1S/C14H10BrIN2O/c15-10-2-1-3-11-12(10)13(14(19)18-11)17-9-6-4-8(16)5-7-9/h1-7,13,17H,(H,18,19). The number of nitrogens with one attached hydrogen (secondary N) is 2. The van der Waals surface area contributed by atoms with E-state index < -0.39 is 0 Å². The van der Waals surface area contributed by atoms with Crippen molar-refractivity contribution in [1.82, 2.24) is 0 Å². The highest BCUT2D eigenvalue weighted by Crippen LogP contribution is 2.38. The summed E-state index contributed by atoms with van der Waals surface area (Å²) in [7, 11) is 0. The Morgan fingerprint density at radius 2 is 1.89 bits per heavy atom. The zero-order valence-corrected chi connectivity index (χ0v) is 13.5. The monoisotopic (exact) mass is 428 g/mol. The van der Waals surface area contributed by atoms with Crippen LogP contribution in [0.4, 0.5) is 11.4 Å². The van der Waals surface area contributed by atoms with Crippen molar-refractivity contribution >= 4 is 55.8 Å². The van der Waals surface area contributed by atoms with Crippen LogP contribution in [0.25, 0.3) is 0 Å². The summed E-state index contributed by atoms with van der Waals surface area (Å²) in [5.41, 5.74) is 2.76. The summed E-state index contributed by atoms with van der Waals surface area (Å²) >= 11 is 5.76. The molecule has 2 aromatic rings. The van der Waals surface area contributed by atoms with Crippen molar-refractivity contribution in [2.45, 2.75) is 6.04 Å². The molecule has 1 heterocycles. The lowest BCUT2D eigenvalue weighted by Gasteiger charge is -2.14. The van der Waals surface area contributed by atoms with Gasteiger partial charge in [0.2, 0.25) is 0 Å². The molecule has 0 saturated carbocycles. The van der Waals surface area contributed by atoms with Crippen molar-refractivity contribution in [1.29, 1.82) is 0 Å². The molecule has 0 aromatic heterocycles. The molecule has 0 bridgehead atoms. The minimum atomic E-state index is -0.356. The zero-order valence-electron chi connectivity index (χ0n) is 9.78. The summed E-state index contributed by atoms with van der Waals surface area (Å²) < 4.78 is 2.10. The molecule has 0 fully saturated rings. The molecular formula is C14H10BrIN2O. The number of anilines is 2. The first-order chi connectivity index (χ1) is 9.15. The maximum Gasteiger partial charge on any atom is 0.251 e. The summed E-state index contributed by atoms with van der Waals surface area (Å²) in [5, 5.41) is 6.16. The van der Waals surface area contributed by atoms with Gasteiger partial charge in [0.1, 0.15) is 6.04 Å². The number of rotatable bonds is 2. The van der Waals surface area contributed by atoms with E-state index in [2.05, 4.69) is 49.2 Å². The SMILES string of the molecule is O=C1Nc2cccc(Br)c2C1Nc1ccc(I)cc1. The van der Waals surface area contributed by atoms with Crippen molar-refractivity contribution < 1.29 is 4.79 Å². The molecule has 3 nitrogen and oxygen atoms in total. The largest absolute Gasteiger partial charge is 0.370 e. The third-order valence-corrected chi connectivity index (χ3v) is 4.43. The Kier molecular flexibility index (Phi) is 3.49. The molecule has 3 rings (SSSR count). The van der Waals surface area contributed by atoms with Crippen molar-refractivity contribution in [3.05, 3.63) is 56.1 Å². The highest BCUT2D eigenvalue weighted by molar-refractivity contribution is 14.1. The second kappa shape index (κ2) is 5.13. The van der Waals surface area contributed by atoms with Gasteiger partial charge >= 0.3 is 0 Å². The van der Waals surface area contributed by atoms with Crippen molar-refractivity contribution in [2.24, 2.45) is 0 Å².